The van der Waals surface area contributed by atoms with Crippen molar-refractivity contribution in [2.75, 3.05) is 5.88 Å². The van der Waals surface area contributed by atoms with Gasteiger partial charge in [-0.05, 0) is 12.0 Å². The van der Waals surface area contributed by atoms with E-state index in [9.17, 15) is 14.7 Å². The number of hydrogen-bond donors (Lipinski definition) is 2. The Hall–Kier alpha value is -1.39. The maximum absolute atomic E-state index is 11.9. The minimum absolute atomic E-state index is 0.119. The van der Waals surface area contributed by atoms with Crippen molar-refractivity contribution in [3.63, 3.8) is 0 Å². The van der Waals surface area contributed by atoms with Crippen molar-refractivity contribution in [3.8, 4) is 0 Å². The van der Waals surface area contributed by atoms with E-state index in [2.05, 4.69) is 0 Å². The zero-order chi connectivity index (χ0) is 13.7. The Morgan fingerprint density at radius 1 is 1.39 bits per heavy atom. The summed E-state index contributed by atoms with van der Waals surface area (Å²) in [5.74, 6) is -1.45. The van der Waals surface area contributed by atoms with Crippen LogP contribution in [0.15, 0.2) is 18.2 Å². The third kappa shape index (κ3) is 3.09. The number of aliphatic hydroxyl groups excluding tert-OH is 1. The molecule has 1 atom stereocenters. The number of carbonyl (C=O) groups is 2. The molecule has 1 aromatic carbocycles. The fourth-order valence-corrected chi connectivity index (χ4v) is 2.00. The van der Waals surface area contributed by atoms with Gasteiger partial charge < -0.3 is 10.2 Å². The van der Waals surface area contributed by atoms with Gasteiger partial charge in [-0.15, -0.1) is 11.6 Å². The molecular weight excluding hydrogens is 256 g/mol. The van der Waals surface area contributed by atoms with E-state index in [0.29, 0.717) is 12.0 Å². The lowest BCUT2D eigenvalue weighted by Crippen LogP contribution is -2.17. The van der Waals surface area contributed by atoms with E-state index >= 15 is 0 Å². The Morgan fingerprint density at radius 2 is 2.06 bits per heavy atom. The fraction of sp³-hybridized carbons (Fsp3) is 0.385. The number of carboxylic acid groups (broad SMARTS) is 1. The van der Waals surface area contributed by atoms with Gasteiger partial charge in [-0.3, -0.25) is 4.79 Å². The molecule has 0 amide bonds. The van der Waals surface area contributed by atoms with Crippen LogP contribution < -0.4 is 0 Å². The van der Waals surface area contributed by atoms with Crippen LogP contribution in [0.5, 0.6) is 0 Å². The van der Waals surface area contributed by atoms with E-state index in [4.69, 9.17) is 16.7 Å². The van der Waals surface area contributed by atoms with Crippen molar-refractivity contribution in [1.29, 1.82) is 0 Å². The molecule has 0 saturated carbocycles. The molecule has 5 heteroatoms. The predicted octanol–water partition coefficient (Wildman–Crippen LogP) is 2.18. The Bertz CT molecular complexity index is 456. The molecule has 0 bridgehead atoms. The second kappa shape index (κ2) is 6.52. The maximum Gasteiger partial charge on any atom is 0.337 e. The molecular formula is C13H15ClO4. The number of halogens is 1. The number of alkyl halides is 1. The lowest BCUT2D eigenvalue weighted by molar-refractivity contribution is -0.147. The highest BCUT2D eigenvalue weighted by Gasteiger charge is 2.24. The van der Waals surface area contributed by atoms with Gasteiger partial charge in [-0.2, -0.15) is 0 Å². The summed E-state index contributed by atoms with van der Waals surface area (Å²) >= 11 is 5.51. The maximum atomic E-state index is 11.9. The first-order valence-electron chi connectivity index (χ1n) is 5.64. The minimum Gasteiger partial charge on any atom is -0.479 e. The van der Waals surface area contributed by atoms with Gasteiger partial charge in [0.15, 0.2) is 11.9 Å². The van der Waals surface area contributed by atoms with Gasteiger partial charge in [0.25, 0.3) is 0 Å². The van der Waals surface area contributed by atoms with E-state index in [0.717, 1.165) is 0 Å². The average Bonchev–Trinajstić information content (AvgIpc) is 2.37. The molecule has 0 aromatic heterocycles. The summed E-state index contributed by atoms with van der Waals surface area (Å²) in [5, 5.41) is 18.6. The topological polar surface area (TPSA) is 74.6 Å². The number of carbonyl (C=O) groups excluding carboxylic acids is 1. The van der Waals surface area contributed by atoms with Crippen LogP contribution in [0, 0.1) is 0 Å². The number of aliphatic carboxylic acids is 1. The van der Waals surface area contributed by atoms with Crippen LogP contribution in [0.1, 0.15) is 40.9 Å². The summed E-state index contributed by atoms with van der Waals surface area (Å²) < 4.78 is 0. The van der Waals surface area contributed by atoms with Crippen LogP contribution in [-0.2, 0) is 11.2 Å². The molecule has 0 radical (unpaired) electrons. The standard InChI is InChI=1S/C13H15ClO4/c1-2-8-4-3-5-9(10(15)6-7-14)11(8)12(16)13(17)18/h3-5,12,16H,2,6-7H2,1H3,(H,17,18). The third-order valence-electron chi connectivity index (χ3n) is 2.71. The Morgan fingerprint density at radius 3 is 2.56 bits per heavy atom. The molecule has 0 aliphatic rings. The van der Waals surface area contributed by atoms with Crippen molar-refractivity contribution in [2.45, 2.75) is 25.9 Å². The lowest BCUT2D eigenvalue weighted by atomic mass is 9.92. The number of rotatable bonds is 6. The van der Waals surface area contributed by atoms with Crippen LogP contribution in [0.2, 0.25) is 0 Å². The molecule has 1 unspecified atom stereocenters. The smallest absolute Gasteiger partial charge is 0.337 e. The van der Waals surface area contributed by atoms with Crippen LogP contribution in [0.4, 0.5) is 0 Å². The number of aryl methyl sites for hydroxylation is 1. The first-order chi connectivity index (χ1) is 8.52. The number of hydrogen-bond acceptors (Lipinski definition) is 3. The lowest BCUT2D eigenvalue weighted by Gasteiger charge is -2.15. The minimum atomic E-state index is -1.68. The molecule has 0 heterocycles. The van der Waals surface area contributed by atoms with Gasteiger partial charge >= 0.3 is 5.97 Å². The fourth-order valence-electron chi connectivity index (χ4n) is 1.83. The van der Waals surface area contributed by atoms with Crippen molar-refractivity contribution in [2.24, 2.45) is 0 Å². The first kappa shape index (κ1) is 14.7. The van der Waals surface area contributed by atoms with Crippen molar-refractivity contribution in [1.82, 2.24) is 0 Å². The van der Waals surface area contributed by atoms with Crippen LogP contribution in [0.3, 0.4) is 0 Å². The van der Waals surface area contributed by atoms with Gasteiger partial charge in [0.05, 0.1) is 0 Å². The second-order valence-electron chi connectivity index (χ2n) is 3.83. The van der Waals surface area contributed by atoms with Crippen LogP contribution >= 0.6 is 11.6 Å². The van der Waals surface area contributed by atoms with Gasteiger partial charge in [0.1, 0.15) is 0 Å². The molecule has 4 nitrogen and oxygen atoms in total. The Labute approximate surface area is 110 Å². The number of ketones is 1. The summed E-state index contributed by atoms with van der Waals surface area (Å²) in [7, 11) is 0. The predicted molar refractivity (Wildman–Crippen MR) is 68.1 cm³/mol. The van der Waals surface area contributed by atoms with Crippen molar-refractivity contribution < 1.29 is 19.8 Å². The normalized spacial score (nSPS) is 12.2. The van der Waals surface area contributed by atoms with Gasteiger partial charge in [0, 0.05) is 23.4 Å². The van der Waals surface area contributed by atoms with E-state index in [1.165, 1.54) is 6.07 Å². The number of Topliss-reactive ketones (excluding diaryl/α,β-unsaturated/α-hetero) is 1. The highest BCUT2D eigenvalue weighted by molar-refractivity contribution is 6.19. The average molecular weight is 271 g/mol. The summed E-state index contributed by atoms with van der Waals surface area (Å²) in [6, 6.07) is 4.91. The zero-order valence-electron chi connectivity index (χ0n) is 10.0. The van der Waals surface area contributed by atoms with Gasteiger partial charge in [-0.1, -0.05) is 25.1 Å². The molecule has 98 valence electrons. The van der Waals surface area contributed by atoms with E-state index in [-0.39, 0.29) is 29.2 Å². The third-order valence-corrected chi connectivity index (χ3v) is 2.90. The first-order valence-corrected chi connectivity index (χ1v) is 6.18. The van der Waals surface area contributed by atoms with E-state index in [1.54, 1.807) is 12.1 Å². The largest absolute Gasteiger partial charge is 0.479 e. The molecule has 0 saturated heterocycles. The summed E-state index contributed by atoms with van der Waals surface area (Å²) in [5.41, 5.74) is 1.08. The zero-order valence-corrected chi connectivity index (χ0v) is 10.8. The summed E-state index contributed by atoms with van der Waals surface area (Å²) in [4.78, 5) is 22.8. The summed E-state index contributed by atoms with van der Waals surface area (Å²) in [6.45, 7) is 1.84. The molecule has 1 aromatic rings. The van der Waals surface area contributed by atoms with E-state index in [1.807, 2.05) is 6.92 Å². The Balaban J connectivity index is 3.33. The molecule has 0 fully saturated rings. The SMILES string of the molecule is CCc1cccc(C(=O)CCCl)c1C(O)C(=O)O. The molecule has 0 aliphatic carbocycles. The number of carboxylic acids is 1. The molecule has 2 N–H and O–H groups in total. The molecule has 0 spiro atoms. The quantitative estimate of drug-likeness (QED) is 0.614. The van der Waals surface area contributed by atoms with Gasteiger partial charge in [0.2, 0.25) is 0 Å². The summed E-state index contributed by atoms with van der Waals surface area (Å²) in [6.07, 6.45) is -1.02. The number of benzene rings is 1. The van der Waals surface area contributed by atoms with Crippen molar-refractivity contribution >= 4 is 23.4 Å². The molecule has 1 rings (SSSR count). The highest BCUT2D eigenvalue weighted by atomic mass is 35.5. The second-order valence-corrected chi connectivity index (χ2v) is 4.21. The van der Waals surface area contributed by atoms with E-state index < -0.39 is 12.1 Å². The van der Waals surface area contributed by atoms with Gasteiger partial charge in [-0.25, -0.2) is 4.79 Å². The number of aliphatic hydroxyl groups is 1. The van der Waals surface area contributed by atoms with Crippen molar-refractivity contribution in [3.05, 3.63) is 34.9 Å². The van der Waals surface area contributed by atoms with Crippen LogP contribution in [-0.4, -0.2) is 27.8 Å². The monoisotopic (exact) mass is 270 g/mol. The van der Waals surface area contributed by atoms with Crippen LogP contribution in [0.25, 0.3) is 0 Å². The molecule has 0 aliphatic heterocycles. The molecule has 18 heavy (non-hydrogen) atoms. The Kier molecular flexibility index (Phi) is 5.31. The highest BCUT2D eigenvalue weighted by Crippen LogP contribution is 2.25.